The minimum Gasteiger partial charge on any atom is -0.494 e. The van der Waals surface area contributed by atoms with E-state index in [1.807, 2.05) is 55.5 Å². The van der Waals surface area contributed by atoms with Gasteiger partial charge in [-0.1, -0.05) is 41.7 Å². The van der Waals surface area contributed by atoms with Gasteiger partial charge in [0.25, 0.3) is 0 Å². The van der Waals surface area contributed by atoms with Crippen LogP contribution in [0.25, 0.3) is 21.0 Å². The van der Waals surface area contributed by atoms with E-state index in [9.17, 15) is 4.79 Å². The van der Waals surface area contributed by atoms with Crippen LogP contribution in [0.1, 0.15) is 19.8 Å². The monoisotopic (exact) mass is 406 g/mol. The van der Waals surface area contributed by atoms with Crippen LogP contribution in [-0.4, -0.2) is 24.1 Å². The molecule has 5 nitrogen and oxygen atoms in total. The molecule has 0 radical (unpaired) electrons. The van der Waals surface area contributed by atoms with Crippen LogP contribution in [0, 0.1) is 0 Å². The van der Waals surface area contributed by atoms with Gasteiger partial charge in [0.05, 0.1) is 23.4 Å². The molecule has 1 aromatic heterocycles. The number of anilines is 1. The van der Waals surface area contributed by atoms with Crippen molar-refractivity contribution < 1.29 is 14.3 Å². The van der Waals surface area contributed by atoms with Crippen LogP contribution in [0.2, 0.25) is 0 Å². The van der Waals surface area contributed by atoms with Crippen molar-refractivity contribution in [3.63, 3.8) is 0 Å². The van der Waals surface area contributed by atoms with Crippen molar-refractivity contribution >= 4 is 43.4 Å². The number of carbonyl (C=O) groups is 1. The first kappa shape index (κ1) is 19.2. The zero-order valence-electron chi connectivity index (χ0n) is 16.2. The van der Waals surface area contributed by atoms with Gasteiger partial charge in [-0.15, -0.1) is 0 Å². The Morgan fingerprint density at radius 1 is 1.00 bits per heavy atom. The van der Waals surface area contributed by atoms with E-state index in [-0.39, 0.29) is 5.91 Å². The highest BCUT2D eigenvalue weighted by Gasteiger charge is 2.09. The molecule has 1 amide bonds. The van der Waals surface area contributed by atoms with Crippen molar-refractivity contribution in [3.05, 3.63) is 60.7 Å². The van der Waals surface area contributed by atoms with Gasteiger partial charge in [-0.05, 0) is 54.4 Å². The predicted molar refractivity (Wildman–Crippen MR) is 118 cm³/mol. The summed E-state index contributed by atoms with van der Waals surface area (Å²) in [7, 11) is 0. The van der Waals surface area contributed by atoms with Crippen molar-refractivity contribution in [2.45, 2.75) is 19.8 Å². The Kier molecular flexibility index (Phi) is 5.91. The summed E-state index contributed by atoms with van der Waals surface area (Å²) in [5.74, 6) is 1.57. The molecule has 0 unspecified atom stereocenters. The van der Waals surface area contributed by atoms with Crippen LogP contribution in [0.5, 0.6) is 11.5 Å². The fourth-order valence-electron chi connectivity index (χ4n) is 3.08. The van der Waals surface area contributed by atoms with E-state index in [1.54, 1.807) is 0 Å². The molecule has 1 heterocycles. The first-order chi connectivity index (χ1) is 14.2. The first-order valence-electron chi connectivity index (χ1n) is 9.66. The third-order valence-electron chi connectivity index (χ3n) is 4.46. The van der Waals surface area contributed by atoms with Gasteiger partial charge in [-0.25, -0.2) is 4.98 Å². The number of ether oxygens (including phenoxy) is 2. The molecule has 0 aliphatic rings. The Morgan fingerprint density at radius 2 is 1.79 bits per heavy atom. The summed E-state index contributed by atoms with van der Waals surface area (Å²) in [5.41, 5.74) is 0.855. The highest BCUT2D eigenvalue weighted by atomic mass is 32.1. The molecule has 0 saturated heterocycles. The molecule has 6 heteroatoms. The van der Waals surface area contributed by atoms with E-state index in [4.69, 9.17) is 9.47 Å². The third-order valence-corrected chi connectivity index (χ3v) is 5.39. The Labute approximate surface area is 173 Å². The highest BCUT2D eigenvalue weighted by Crippen LogP contribution is 2.29. The molecule has 148 valence electrons. The van der Waals surface area contributed by atoms with Crippen LogP contribution < -0.4 is 14.8 Å². The SMILES string of the molecule is CCOc1ccc2nc(NC(=O)CCCOc3ccc4ccccc4c3)sc2c1. The zero-order chi connectivity index (χ0) is 20.1. The summed E-state index contributed by atoms with van der Waals surface area (Å²) in [6.45, 7) is 3.06. The van der Waals surface area contributed by atoms with Gasteiger partial charge in [0.15, 0.2) is 5.13 Å². The topological polar surface area (TPSA) is 60.5 Å². The van der Waals surface area contributed by atoms with Crippen LogP contribution >= 0.6 is 11.3 Å². The van der Waals surface area contributed by atoms with E-state index in [2.05, 4.69) is 22.4 Å². The molecule has 4 rings (SSSR count). The molecule has 0 spiro atoms. The number of thiazole rings is 1. The van der Waals surface area contributed by atoms with Gasteiger partial charge in [0.2, 0.25) is 5.91 Å². The Balaban J connectivity index is 1.26. The number of hydrogen-bond acceptors (Lipinski definition) is 5. The first-order valence-corrected chi connectivity index (χ1v) is 10.5. The maximum atomic E-state index is 12.2. The minimum absolute atomic E-state index is 0.0591. The summed E-state index contributed by atoms with van der Waals surface area (Å²) < 4.78 is 12.3. The number of carbonyl (C=O) groups excluding carboxylic acids is 1. The standard InChI is InChI=1S/C23H22N2O3S/c1-2-27-19-11-12-20-21(15-19)29-23(24-20)25-22(26)8-5-13-28-18-10-9-16-6-3-4-7-17(16)14-18/h3-4,6-7,9-12,14-15H,2,5,8,13H2,1H3,(H,24,25,26). The molecule has 1 N–H and O–H groups in total. The van der Waals surface area contributed by atoms with E-state index < -0.39 is 0 Å². The number of benzene rings is 3. The Hall–Kier alpha value is -3.12. The van der Waals surface area contributed by atoms with Crippen molar-refractivity contribution in [2.75, 3.05) is 18.5 Å². The van der Waals surface area contributed by atoms with Gasteiger partial charge >= 0.3 is 0 Å². The number of rotatable bonds is 8. The number of nitrogens with zero attached hydrogens (tertiary/aromatic N) is 1. The fraction of sp³-hybridized carbons (Fsp3) is 0.217. The zero-order valence-corrected chi connectivity index (χ0v) is 17.0. The van der Waals surface area contributed by atoms with Gasteiger partial charge in [-0.3, -0.25) is 4.79 Å². The Morgan fingerprint density at radius 3 is 2.66 bits per heavy atom. The molecule has 29 heavy (non-hydrogen) atoms. The molecular formula is C23H22N2O3S. The van der Waals surface area contributed by atoms with E-state index in [0.29, 0.717) is 31.2 Å². The lowest BCUT2D eigenvalue weighted by molar-refractivity contribution is -0.116. The second kappa shape index (κ2) is 8.92. The summed E-state index contributed by atoms with van der Waals surface area (Å²) in [4.78, 5) is 16.7. The summed E-state index contributed by atoms with van der Waals surface area (Å²) in [5, 5.41) is 5.81. The average Bonchev–Trinajstić information content (AvgIpc) is 3.13. The second-order valence-electron chi connectivity index (χ2n) is 6.59. The summed E-state index contributed by atoms with van der Waals surface area (Å²) in [6.07, 6.45) is 1.02. The second-order valence-corrected chi connectivity index (χ2v) is 7.62. The van der Waals surface area contributed by atoms with Gasteiger partial charge in [0.1, 0.15) is 11.5 Å². The van der Waals surface area contributed by atoms with Crippen molar-refractivity contribution in [3.8, 4) is 11.5 Å². The van der Waals surface area contributed by atoms with E-state index >= 15 is 0 Å². The molecule has 0 atom stereocenters. The van der Waals surface area contributed by atoms with Crippen LogP contribution in [0.3, 0.4) is 0 Å². The maximum Gasteiger partial charge on any atom is 0.226 e. The molecule has 0 aliphatic heterocycles. The Bertz CT molecular complexity index is 1140. The molecule has 0 bridgehead atoms. The molecule has 0 aliphatic carbocycles. The average molecular weight is 407 g/mol. The minimum atomic E-state index is -0.0591. The number of hydrogen-bond donors (Lipinski definition) is 1. The maximum absolute atomic E-state index is 12.2. The lowest BCUT2D eigenvalue weighted by Gasteiger charge is -2.07. The molecule has 4 aromatic rings. The van der Waals surface area contributed by atoms with Crippen molar-refractivity contribution in [2.24, 2.45) is 0 Å². The quantitative estimate of drug-likeness (QED) is 0.384. The lowest BCUT2D eigenvalue weighted by atomic mass is 10.1. The smallest absolute Gasteiger partial charge is 0.226 e. The van der Waals surface area contributed by atoms with E-state index in [1.165, 1.54) is 16.7 Å². The van der Waals surface area contributed by atoms with Gasteiger partial charge in [0, 0.05) is 6.42 Å². The fourth-order valence-corrected chi connectivity index (χ4v) is 3.99. The lowest BCUT2D eigenvalue weighted by Crippen LogP contribution is -2.12. The molecule has 3 aromatic carbocycles. The van der Waals surface area contributed by atoms with Crippen LogP contribution in [-0.2, 0) is 4.79 Å². The van der Waals surface area contributed by atoms with Gasteiger partial charge in [-0.2, -0.15) is 0 Å². The normalized spacial score (nSPS) is 10.9. The van der Waals surface area contributed by atoms with Crippen molar-refractivity contribution in [1.29, 1.82) is 0 Å². The number of amides is 1. The third kappa shape index (κ3) is 4.84. The van der Waals surface area contributed by atoms with Crippen LogP contribution in [0.15, 0.2) is 60.7 Å². The van der Waals surface area contributed by atoms with E-state index in [0.717, 1.165) is 27.1 Å². The largest absolute Gasteiger partial charge is 0.494 e. The van der Waals surface area contributed by atoms with Crippen LogP contribution in [0.4, 0.5) is 5.13 Å². The van der Waals surface area contributed by atoms with Crippen molar-refractivity contribution in [1.82, 2.24) is 4.98 Å². The number of aromatic nitrogens is 1. The predicted octanol–water partition coefficient (Wildman–Crippen LogP) is 5.65. The van der Waals surface area contributed by atoms with Gasteiger partial charge < -0.3 is 14.8 Å². The number of nitrogens with one attached hydrogen (secondary N) is 1. The number of fused-ring (bicyclic) bond motifs is 2. The molecule has 0 saturated carbocycles. The summed E-state index contributed by atoms with van der Waals surface area (Å²) in [6, 6.07) is 19.9. The summed E-state index contributed by atoms with van der Waals surface area (Å²) >= 11 is 1.45. The molecular weight excluding hydrogens is 384 g/mol. The highest BCUT2D eigenvalue weighted by molar-refractivity contribution is 7.22. The molecule has 0 fully saturated rings.